The first kappa shape index (κ1) is 12.0. The minimum Gasteiger partial charge on any atom is -0.252 e. The summed E-state index contributed by atoms with van der Waals surface area (Å²) in [4.78, 5) is 0. The fourth-order valence-electron chi connectivity index (χ4n) is 0.961. The third-order valence-corrected chi connectivity index (χ3v) is 2.41. The Balaban J connectivity index is 3.37. The lowest BCUT2D eigenvalue weighted by Gasteiger charge is -2.00. The zero-order valence-electron chi connectivity index (χ0n) is 7.42. The Morgan fingerprint density at radius 3 is 2.27 bits per heavy atom. The molecule has 1 heterocycles. The van der Waals surface area contributed by atoms with Crippen molar-refractivity contribution in [2.24, 2.45) is 0 Å². The molecule has 0 atom stereocenters. The van der Waals surface area contributed by atoms with E-state index in [4.69, 9.17) is 0 Å². The van der Waals surface area contributed by atoms with E-state index in [0.29, 0.717) is 4.68 Å². The number of nitrogens with zero attached hydrogens (tertiary/aromatic N) is 2. The van der Waals surface area contributed by atoms with Gasteiger partial charge in [0.15, 0.2) is 10.7 Å². The van der Waals surface area contributed by atoms with Crippen LogP contribution in [0.1, 0.15) is 12.6 Å². The fraction of sp³-hybridized carbons (Fsp3) is 0.500. The van der Waals surface area contributed by atoms with Crippen molar-refractivity contribution in [1.29, 1.82) is 0 Å². The Morgan fingerprint density at radius 2 is 2.00 bits per heavy atom. The van der Waals surface area contributed by atoms with Gasteiger partial charge < -0.3 is 0 Å². The van der Waals surface area contributed by atoms with Crippen molar-refractivity contribution in [2.75, 3.05) is 0 Å². The summed E-state index contributed by atoms with van der Waals surface area (Å²) < 4.78 is 70.2. The van der Waals surface area contributed by atoms with Gasteiger partial charge in [-0.3, -0.25) is 4.68 Å². The van der Waals surface area contributed by atoms with Crippen molar-refractivity contribution >= 4 is 10.2 Å². The van der Waals surface area contributed by atoms with Crippen molar-refractivity contribution in [3.63, 3.8) is 0 Å². The lowest BCUT2D eigenvalue weighted by atomic mass is 10.4. The van der Waals surface area contributed by atoms with Gasteiger partial charge in [-0.25, -0.2) is 0 Å². The van der Waals surface area contributed by atoms with Crippen LogP contribution >= 0.6 is 0 Å². The van der Waals surface area contributed by atoms with Gasteiger partial charge in [0.1, 0.15) is 0 Å². The Morgan fingerprint density at radius 1 is 1.47 bits per heavy atom. The molecule has 0 spiro atoms. The van der Waals surface area contributed by atoms with Crippen LogP contribution in [0.5, 0.6) is 0 Å². The summed E-state index contributed by atoms with van der Waals surface area (Å²) >= 11 is 0. The molecule has 9 heteroatoms. The zero-order chi connectivity index (χ0) is 11.9. The molecule has 0 aliphatic rings. The van der Waals surface area contributed by atoms with E-state index >= 15 is 0 Å². The summed E-state index contributed by atoms with van der Waals surface area (Å²) in [7, 11) is -5.18. The maximum Gasteiger partial charge on any atom is 0.435 e. The molecule has 0 bridgehead atoms. The van der Waals surface area contributed by atoms with Crippen LogP contribution in [0.3, 0.4) is 0 Å². The Bertz CT molecular complexity index is 462. The topological polar surface area (TPSA) is 52.0 Å². The minimum atomic E-state index is -5.18. The molecule has 0 radical (unpaired) electrons. The maximum atomic E-state index is 12.5. The smallest absolute Gasteiger partial charge is 0.252 e. The molecule has 0 aliphatic heterocycles. The van der Waals surface area contributed by atoms with Gasteiger partial charge in [0, 0.05) is 12.6 Å². The van der Waals surface area contributed by atoms with Crippen molar-refractivity contribution in [3.8, 4) is 0 Å². The van der Waals surface area contributed by atoms with Crippen molar-refractivity contribution in [1.82, 2.24) is 9.78 Å². The lowest BCUT2D eigenvalue weighted by molar-refractivity contribution is -0.141. The molecule has 0 aliphatic carbocycles. The maximum absolute atomic E-state index is 12.5. The first-order valence-electron chi connectivity index (χ1n) is 3.76. The second-order valence-electron chi connectivity index (χ2n) is 2.62. The van der Waals surface area contributed by atoms with Gasteiger partial charge in [-0.1, -0.05) is 3.89 Å². The Kier molecular flexibility index (Phi) is 2.77. The van der Waals surface area contributed by atoms with Crippen LogP contribution in [-0.2, 0) is 22.9 Å². The SMILES string of the molecule is CCn1nc(C(F)(F)F)cc1S(=O)(=O)F. The highest BCUT2D eigenvalue weighted by molar-refractivity contribution is 7.86. The first-order valence-corrected chi connectivity index (χ1v) is 5.14. The first-order chi connectivity index (χ1) is 6.66. The summed E-state index contributed by atoms with van der Waals surface area (Å²) in [6.07, 6.45) is -4.79. The third kappa shape index (κ3) is 2.46. The molecule has 0 fully saturated rings. The van der Waals surface area contributed by atoms with Gasteiger partial charge in [-0.05, 0) is 6.92 Å². The van der Waals surface area contributed by atoms with Crippen LogP contribution in [0.4, 0.5) is 17.1 Å². The second kappa shape index (κ2) is 3.47. The standard InChI is InChI=1S/C6H6F4N2O2S/c1-2-12-5(15(10,13)14)3-4(11-12)6(7,8)9/h3H,2H2,1H3. The molecule has 0 unspecified atom stereocenters. The lowest BCUT2D eigenvalue weighted by Crippen LogP contribution is -2.08. The van der Waals surface area contributed by atoms with Crippen LogP contribution in [0.15, 0.2) is 11.1 Å². The van der Waals surface area contributed by atoms with E-state index < -0.39 is 27.1 Å². The molecule has 15 heavy (non-hydrogen) atoms. The number of rotatable bonds is 2. The molecular formula is C6H6F4N2O2S. The molecule has 1 aromatic heterocycles. The number of alkyl halides is 3. The molecule has 1 rings (SSSR count). The van der Waals surface area contributed by atoms with E-state index in [1.54, 1.807) is 0 Å². The Hall–Kier alpha value is -1.12. The average molecular weight is 246 g/mol. The van der Waals surface area contributed by atoms with Crippen LogP contribution in [-0.4, -0.2) is 18.2 Å². The largest absolute Gasteiger partial charge is 0.435 e. The number of aryl methyl sites for hydroxylation is 1. The highest BCUT2D eigenvalue weighted by atomic mass is 32.3. The van der Waals surface area contributed by atoms with E-state index in [2.05, 4.69) is 5.10 Å². The molecule has 0 saturated carbocycles. The predicted molar refractivity (Wildman–Crippen MR) is 41.2 cm³/mol. The van der Waals surface area contributed by atoms with Crippen LogP contribution in [0.2, 0.25) is 0 Å². The van der Waals surface area contributed by atoms with Gasteiger partial charge in [0.2, 0.25) is 0 Å². The monoisotopic (exact) mass is 246 g/mol. The summed E-state index contributed by atoms with van der Waals surface area (Å²) in [5.41, 5.74) is -1.43. The van der Waals surface area contributed by atoms with Crippen LogP contribution in [0.25, 0.3) is 0 Å². The molecule has 86 valence electrons. The Labute approximate surface area is 82.7 Å². The number of halogens is 4. The van der Waals surface area contributed by atoms with Crippen molar-refractivity contribution in [3.05, 3.63) is 11.8 Å². The molecule has 1 aromatic rings. The van der Waals surface area contributed by atoms with E-state index in [0.717, 1.165) is 0 Å². The molecule has 4 nitrogen and oxygen atoms in total. The second-order valence-corrected chi connectivity index (χ2v) is 3.91. The summed E-state index contributed by atoms with van der Waals surface area (Å²) in [5.74, 6) is 0. The normalized spacial score (nSPS) is 13.1. The zero-order valence-corrected chi connectivity index (χ0v) is 8.23. The van der Waals surface area contributed by atoms with Crippen LogP contribution in [0, 0.1) is 0 Å². The van der Waals surface area contributed by atoms with Gasteiger partial charge >= 0.3 is 16.4 Å². The number of hydrogen-bond donors (Lipinski definition) is 0. The molecule has 0 saturated heterocycles. The van der Waals surface area contributed by atoms with E-state index in [1.807, 2.05) is 0 Å². The van der Waals surface area contributed by atoms with Gasteiger partial charge in [-0.15, -0.1) is 0 Å². The van der Waals surface area contributed by atoms with Gasteiger partial charge in [-0.2, -0.15) is 26.7 Å². The summed E-state index contributed by atoms with van der Waals surface area (Å²) in [6, 6.07) is 0.166. The molecule has 0 aromatic carbocycles. The number of hydrogen-bond acceptors (Lipinski definition) is 3. The molecular weight excluding hydrogens is 240 g/mol. The van der Waals surface area contributed by atoms with E-state index in [1.165, 1.54) is 6.92 Å². The van der Waals surface area contributed by atoms with E-state index in [-0.39, 0.29) is 12.6 Å². The molecule has 0 N–H and O–H groups in total. The van der Waals surface area contributed by atoms with Gasteiger partial charge in [0.25, 0.3) is 0 Å². The third-order valence-electron chi connectivity index (χ3n) is 1.58. The average Bonchev–Trinajstić information content (AvgIpc) is 2.44. The highest BCUT2D eigenvalue weighted by Gasteiger charge is 2.36. The molecule has 0 amide bonds. The predicted octanol–water partition coefficient (Wildman–Crippen LogP) is 1.58. The summed E-state index contributed by atoms with van der Waals surface area (Å²) in [6.45, 7) is 1.18. The fourth-order valence-corrected chi connectivity index (χ4v) is 1.64. The van der Waals surface area contributed by atoms with Gasteiger partial charge in [0.05, 0.1) is 0 Å². The van der Waals surface area contributed by atoms with E-state index in [9.17, 15) is 25.5 Å². The quantitative estimate of drug-likeness (QED) is 0.588. The number of aromatic nitrogens is 2. The van der Waals surface area contributed by atoms with Crippen LogP contribution < -0.4 is 0 Å². The summed E-state index contributed by atoms with van der Waals surface area (Å²) in [5, 5.41) is 1.85. The highest BCUT2D eigenvalue weighted by Crippen LogP contribution is 2.30. The van der Waals surface area contributed by atoms with Crippen molar-refractivity contribution in [2.45, 2.75) is 24.7 Å². The minimum absolute atomic E-state index is 0.166. The van der Waals surface area contributed by atoms with Crippen molar-refractivity contribution < 1.29 is 25.5 Å².